The maximum atomic E-state index is 12.7. The first-order valence-corrected chi connectivity index (χ1v) is 25.9. The molecule has 356 valence electrons. The van der Waals surface area contributed by atoms with Gasteiger partial charge in [-0.2, -0.15) is 0 Å². The molecule has 0 aliphatic carbocycles. The van der Waals surface area contributed by atoms with E-state index in [2.05, 4.69) is 35.9 Å². The van der Waals surface area contributed by atoms with Gasteiger partial charge in [0.05, 0.1) is 32.0 Å². The molecule has 0 heterocycles. The maximum absolute atomic E-state index is 12.7. The van der Waals surface area contributed by atoms with Crippen molar-refractivity contribution >= 4 is 27.6 Å². The highest BCUT2D eigenvalue weighted by Gasteiger charge is 2.28. The largest absolute Gasteiger partial charge is 0.472 e. The molecule has 0 radical (unpaired) electrons. The van der Waals surface area contributed by atoms with E-state index in [4.69, 9.17) is 23.8 Å². The number of aliphatic hydroxyl groups is 3. The van der Waals surface area contributed by atoms with Crippen LogP contribution in [0.3, 0.4) is 0 Å². The predicted octanol–water partition coefficient (Wildman–Crippen LogP) is 9.53. The fraction of sp³-hybridized carbons (Fsp3) is 0.907. The zero-order valence-corrected chi connectivity index (χ0v) is 39.0. The van der Waals surface area contributed by atoms with Crippen LogP contribution in [0.2, 0.25) is 0 Å². The van der Waals surface area contributed by atoms with Crippen LogP contribution in [0.15, 0.2) is 12.2 Å². The summed E-state index contributed by atoms with van der Waals surface area (Å²) in [6, 6.07) is 0. The molecule has 0 fully saturated rings. The Kier molecular flexibility index (Phi) is 37.5. The smallest absolute Gasteiger partial charge is 0.462 e. The molecule has 0 aliphatic rings. The Bertz CT molecular complexity index is 1170. The second kappa shape index (κ2) is 38.3. The normalized spacial score (nSPS) is 15.2. The van der Waals surface area contributed by atoms with Gasteiger partial charge in [0.15, 0.2) is 6.10 Å². The molecule has 0 aromatic rings. The number of ether oxygens (including phenoxy) is 2. The SMILES string of the molecule is CCCCC/C=C\C[C@@H](O)[C@H](O)CCCCCCCC(=O)OC[C@H](COP(=O)(O)OC[C@@H](O)COP(=O)(O)O)OC(=O)CCCCCCCCCCCCCCCC(C)C. The highest BCUT2D eigenvalue weighted by Crippen LogP contribution is 2.43. The third-order valence-corrected chi connectivity index (χ3v) is 11.5. The van der Waals surface area contributed by atoms with Gasteiger partial charge >= 0.3 is 27.6 Å². The molecule has 1 unspecified atom stereocenters. The Balaban J connectivity index is 4.58. The monoisotopic (exact) mass is 903 g/mol. The number of aliphatic hydroxyl groups excluding tert-OH is 3. The Hall–Kier alpha value is -1.22. The number of phosphoric ester groups is 2. The summed E-state index contributed by atoms with van der Waals surface area (Å²) in [7, 11) is -9.72. The van der Waals surface area contributed by atoms with Crippen LogP contribution in [0.5, 0.6) is 0 Å². The predicted molar refractivity (Wildman–Crippen MR) is 233 cm³/mol. The third-order valence-electron chi connectivity index (χ3n) is 10.0. The fourth-order valence-electron chi connectivity index (χ4n) is 6.38. The Morgan fingerprint density at radius 3 is 1.57 bits per heavy atom. The van der Waals surface area contributed by atoms with Gasteiger partial charge in [-0.05, 0) is 44.4 Å². The van der Waals surface area contributed by atoms with Gasteiger partial charge in [-0.3, -0.25) is 23.2 Å². The highest BCUT2D eigenvalue weighted by atomic mass is 31.2. The average molecular weight is 903 g/mol. The van der Waals surface area contributed by atoms with Gasteiger partial charge in [0, 0.05) is 12.8 Å². The highest BCUT2D eigenvalue weighted by molar-refractivity contribution is 7.47. The summed E-state index contributed by atoms with van der Waals surface area (Å²) < 4.78 is 47.7. The molecule has 0 saturated carbocycles. The summed E-state index contributed by atoms with van der Waals surface area (Å²) in [5.41, 5.74) is 0. The first-order valence-electron chi connectivity index (χ1n) is 22.9. The summed E-state index contributed by atoms with van der Waals surface area (Å²) in [6.45, 7) is 3.87. The minimum atomic E-state index is -4.88. The number of carbonyl (C=O) groups excluding carboxylic acids is 2. The third kappa shape index (κ3) is 40.8. The van der Waals surface area contributed by atoms with E-state index in [0.29, 0.717) is 25.7 Å². The molecule has 0 aromatic heterocycles. The van der Waals surface area contributed by atoms with Crippen LogP contribution >= 0.6 is 15.6 Å². The quantitative estimate of drug-likeness (QED) is 0.0145. The molecule has 0 spiro atoms. The zero-order valence-electron chi connectivity index (χ0n) is 37.2. The number of hydrogen-bond acceptors (Lipinski definition) is 12. The van der Waals surface area contributed by atoms with E-state index in [1.54, 1.807) is 0 Å². The van der Waals surface area contributed by atoms with Crippen molar-refractivity contribution in [2.75, 3.05) is 26.4 Å². The van der Waals surface area contributed by atoms with E-state index < -0.39 is 78.4 Å². The molecule has 5 atom stereocenters. The molecule has 0 aliphatic heterocycles. The van der Waals surface area contributed by atoms with E-state index in [1.165, 1.54) is 64.2 Å². The Morgan fingerprint density at radius 1 is 0.550 bits per heavy atom. The van der Waals surface area contributed by atoms with Crippen LogP contribution in [-0.2, 0) is 41.8 Å². The molecule has 60 heavy (non-hydrogen) atoms. The number of allylic oxidation sites excluding steroid dienone is 1. The van der Waals surface area contributed by atoms with Gasteiger partial charge in [0.1, 0.15) is 12.7 Å². The lowest BCUT2D eigenvalue weighted by molar-refractivity contribution is -0.161. The van der Waals surface area contributed by atoms with Crippen molar-refractivity contribution in [2.45, 2.75) is 219 Å². The minimum Gasteiger partial charge on any atom is -0.462 e. The molecule has 0 rings (SSSR count). The second-order valence-electron chi connectivity index (χ2n) is 16.5. The molecule has 0 bridgehead atoms. The van der Waals surface area contributed by atoms with E-state index in [1.807, 2.05) is 6.08 Å². The van der Waals surface area contributed by atoms with Crippen molar-refractivity contribution in [3.63, 3.8) is 0 Å². The molecule has 0 amide bonds. The van der Waals surface area contributed by atoms with Crippen LogP contribution in [0, 0.1) is 5.92 Å². The lowest BCUT2D eigenvalue weighted by Gasteiger charge is -2.20. The molecular weight excluding hydrogens is 818 g/mol. The van der Waals surface area contributed by atoms with Crippen molar-refractivity contribution in [1.82, 2.24) is 0 Å². The van der Waals surface area contributed by atoms with Crippen molar-refractivity contribution in [2.24, 2.45) is 5.92 Å². The summed E-state index contributed by atoms with van der Waals surface area (Å²) >= 11 is 0. The molecule has 0 saturated heterocycles. The van der Waals surface area contributed by atoms with Gasteiger partial charge in [-0.1, -0.05) is 155 Å². The summed E-state index contributed by atoms with van der Waals surface area (Å²) in [5, 5.41) is 30.2. The van der Waals surface area contributed by atoms with Crippen LogP contribution in [0.25, 0.3) is 0 Å². The Labute approximate surface area is 361 Å². The topological polar surface area (TPSA) is 236 Å². The van der Waals surface area contributed by atoms with Gasteiger partial charge in [-0.15, -0.1) is 0 Å². The second-order valence-corrected chi connectivity index (χ2v) is 19.2. The standard InChI is InChI=1S/C43H84O15P2/c1-4-5-6-7-19-24-29-40(45)41(46)30-25-20-17-22-26-31-42(47)54-35-39(36-57-60(52,53)56-34-38(44)33-55-59(49,50)51)58-43(48)32-27-21-16-14-12-10-8-9-11-13-15-18-23-28-37(2)3/h19,24,37-41,44-46H,4-18,20-23,25-36H2,1-3H3,(H,52,53)(H2,49,50,51)/b24-19-/t38-,39+,40+,41+/m0/s1. The Morgan fingerprint density at radius 2 is 1.03 bits per heavy atom. The van der Waals surface area contributed by atoms with Crippen molar-refractivity contribution in [3.8, 4) is 0 Å². The number of hydrogen-bond donors (Lipinski definition) is 6. The lowest BCUT2D eigenvalue weighted by atomic mass is 10.0. The molecular formula is C43H84O15P2. The van der Waals surface area contributed by atoms with Crippen LogP contribution in [0.1, 0.15) is 194 Å². The fourth-order valence-corrected chi connectivity index (χ4v) is 7.54. The van der Waals surface area contributed by atoms with Gasteiger partial charge in [0.2, 0.25) is 0 Å². The first kappa shape index (κ1) is 58.8. The molecule has 0 aromatic carbocycles. The number of carbonyl (C=O) groups is 2. The van der Waals surface area contributed by atoms with Crippen LogP contribution in [0.4, 0.5) is 0 Å². The van der Waals surface area contributed by atoms with E-state index in [0.717, 1.165) is 76.5 Å². The molecule has 15 nitrogen and oxygen atoms in total. The number of esters is 2. The zero-order chi connectivity index (χ0) is 44.9. The summed E-state index contributed by atoms with van der Waals surface area (Å²) in [5.74, 6) is -0.343. The summed E-state index contributed by atoms with van der Waals surface area (Å²) in [4.78, 5) is 52.8. The molecule has 6 N–H and O–H groups in total. The van der Waals surface area contributed by atoms with Crippen LogP contribution in [-0.4, -0.2) is 92.8 Å². The maximum Gasteiger partial charge on any atom is 0.472 e. The number of phosphoric acid groups is 2. The van der Waals surface area contributed by atoms with Gasteiger partial charge in [-0.25, -0.2) is 9.13 Å². The van der Waals surface area contributed by atoms with Crippen molar-refractivity contribution in [1.29, 1.82) is 0 Å². The van der Waals surface area contributed by atoms with Crippen molar-refractivity contribution < 1.29 is 71.8 Å². The number of unbranched alkanes of at least 4 members (excludes halogenated alkanes) is 19. The van der Waals surface area contributed by atoms with E-state index in [-0.39, 0.29) is 12.8 Å². The minimum absolute atomic E-state index is 0.0994. The van der Waals surface area contributed by atoms with E-state index in [9.17, 15) is 38.9 Å². The average Bonchev–Trinajstić information content (AvgIpc) is 3.19. The van der Waals surface area contributed by atoms with E-state index >= 15 is 0 Å². The van der Waals surface area contributed by atoms with Gasteiger partial charge in [0.25, 0.3) is 0 Å². The van der Waals surface area contributed by atoms with Crippen molar-refractivity contribution in [3.05, 3.63) is 12.2 Å². The lowest BCUT2D eigenvalue weighted by Crippen LogP contribution is -2.30. The first-order chi connectivity index (χ1) is 28.5. The number of rotatable bonds is 43. The molecule has 17 heteroatoms. The summed E-state index contributed by atoms with van der Waals surface area (Å²) in [6.07, 6.45) is 25.1. The van der Waals surface area contributed by atoms with Gasteiger partial charge < -0.3 is 39.5 Å². The van der Waals surface area contributed by atoms with Crippen LogP contribution < -0.4 is 0 Å².